The van der Waals surface area contributed by atoms with Gasteiger partial charge in [-0.05, 0) is 12.1 Å². The summed E-state index contributed by atoms with van der Waals surface area (Å²) in [7, 11) is 0. The van der Waals surface area contributed by atoms with E-state index in [4.69, 9.17) is 10.2 Å². The van der Waals surface area contributed by atoms with Crippen LogP contribution in [0.2, 0.25) is 0 Å². The Labute approximate surface area is 120 Å². The maximum Gasteiger partial charge on any atom is 0.269 e. The number of hydrogen-bond donors (Lipinski definition) is 2. The van der Waals surface area contributed by atoms with Crippen molar-refractivity contribution in [2.45, 2.75) is 4.90 Å². The number of hydrogen-bond acceptors (Lipinski definition) is 6. The van der Waals surface area contributed by atoms with Gasteiger partial charge in [-0.2, -0.15) is 0 Å². The Balaban J connectivity index is 2.52. The highest BCUT2D eigenvalue weighted by Crippen LogP contribution is 2.21. The zero-order valence-corrected chi connectivity index (χ0v) is 11.6. The van der Waals surface area contributed by atoms with Gasteiger partial charge in [0.1, 0.15) is 0 Å². The van der Waals surface area contributed by atoms with Gasteiger partial charge in [0, 0.05) is 30.1 Å². The number of amides is 1. The minimum absolute atomic E-state index is 0.00265. The molecule has 7 nitrogen and oxygen atoms in total. The highest BCUT2D eigenvalue weighted by Gasteiger charge is 2.13. The van der Waals surface area contributed by atoms with E-state index in [1.807, 2.05) is 0 Å². The van der Waals surface area contributed by atoms with Crippen LogP contribution < -0.4 is 0 Å². The lowest BCUT2D eigenvalue weighted by atomic mass is 10.3. The Hall–Kier alpha value is -1.64. The van der Waals surface area contributed by atoms with Gasteiger partial charge in [0.15, 0.2) is 0 Å². The molecular weight excluding hydrogens is 284 g/mol. The molecule has 0 unspecified atom stereocenters. The molecule has 0 aromatic heterocycles. The van der Waals surface area contributed by atoms with Crippen molar-refractivity contribution < 1.29 is 19.9 Å². The van der Waals surface area contributed by atoms with Gasteiger partial charge in [0.2, 0.25) is 5.91 Å². The lowest BCUT2D eigenvalue weighted by molar-refractivity contribution is -0.384. The first-order valence-corrected chi connectivity index (χ1v) is 6.93. The van der Waals surface area contributed by atoms with Gasteiger partial charge in [-0.1, -0.05) is 0 Å². The van der Waals surface area contributed by atoms with Crippen LogP contribution in [0, 0.1) is 10.1 Å². The average molecular weight is 300 g/mol. The number of nitro benzene ring substituents is 1. The summed E-state index contributed by atoms with van der Waals surface area (Å²) in [4.78, 5) is 24.0. The van der Waals surface area contributed by atoms with Crippen LogP contribution in [0.1, 0.15) is 0 Å². The van der Waals surface area contributed by atoms with Crippen LogP contribution in [0.3, 0.4) is 0 Å². The van der Waals surface area contributed by atoms with Crippen molar-refractivity contribution >= 4 is 23.4 Å². The third-order valence-electron chi connectivity index (χ3n) is 2.50. The SMILES string of the molecule is O=C(CSc1ccc([N+](=O)[O-])cc1)N(CCO)CCO. The number of carbonyl (C=O) groups excluding carboxylic acids is 1. The number of nitro groups is 1. The van der Waals surface area contributed by atoms with E-state index in [1.165, 1.54) is 28.8 Å². The fraction of sp³-hybridized carbons (Fsp3) is 0.417. The molecule has 0 aliphatic rings. The second kappa shape index (κ2) is 8.51. The van der Waals surface area contributed by atoms with E-state index in [9.17, 15) is 14.9 Å². The maximum absolute atomic E-state index is 11.8. The van der Waals surface area contributed by atoms with Gasteiger partial charge in [0.25, 0.3) is 5.69 Å². The van der Waals surface area contributed by atoms with Crippen molar-refractivity contribution in [2.75, 3.05) is 32.1 Å². The molecular formula is C12H16N2O5S. The summed E-state index contributed by atoms with van der Waals surface area (Å²) in [5.41, 5.74) is 0.00265. The standard InChI is InChI=1S/C12H16N2O5S/c15-7-5-13(6-8-16)12(17)9-20-11-3-1-10(2-4-11)14(18)19/h1-4,15-16H,5-9H2. The largest absolute Gasteiger partial charge is 0.395 e. The third-order valence-corrected chi connectivity index (χ3v) is 3.50. The predicted molar refractivity (Wildman–Crippen MR) is 74.6 cm³/mol. The van der Waals surface area contributed by atoms with Crippen molar-refractivity contribution in [3.63, 3.8) is 0 Å². The molecule has 0 heterocycles. The number of aliphatic hydroxyl groups is 2. The first kappa shape index (κ1) is 16.4. The molecule has 0 atom stereocenters. The van der Waals surface area contributed by atoms with Gasteiger partial charge in [-0.3, -0.25) is 14.9 Å². The minimum atomic E-state index is -0.482. The van der Waals surface area contributed by atoms with E-state index < -0.39 is 4.92 Å². The second-order valence-corrected chi connectivity index (χ2v) is 4.92. The number of rotatable bonds is 8. The van der Waals surface area contributed by atoms with Gasteiger partial charge < -0.3 is 15.1 Å². The van der Waals surface area contributed by atoms with Crippen LogP contribution in [0.15, 0.2) is 29.2 Å². The van der Waals surface area contributed by atoms with E-state index in [1.54, 1.807) is 12.1 Å². The lowest BCUT2D eigenvalue weighted by Gasteiger charge is -2.20. The molecule has 1 rings (SSSR count). The van der Waals surface area contributed by atoms with Crippen LogP contribution in [0.4, 0.5) is 5.69 Å². The first-order valence-electron chi connectivity index (χ1n) is 5.95. The van der Waals surface area contributed by atoms with Crippen molar-refractivity contribution in [3.8, 4) is 0 Å². The molecule has 0 fully saturated rings. The molecule has 20 heavy (non-hydrogen) atoms. The Morgan fingerprint density at radius 3 is 2.20 bits per heavy atom. The molecule has 1 aromatic carbocycles. The van der Waals surface area contributed by atoms with Crippen LogP contribution in [-0.4, -0.2) is 58.0 Å². The highest BCUT2D eigenvalue weighted by atomic mass is 32.2. The zero-order valence-electron chi connectivity index (χ0n) is 10.8. The molecule has 0 bridgehead atoms. The van der Waals surface area contributed by atoms with E-state index in [0.717, 1.165) is 4.90 Å². The van der Waals surface area contributed by atoms with Gasteiger partial charge >= 0.3 is 0 Å². The molecule has 2 N–H and O–H groups in total. The fourth-order valence-electron chi connectivity index (χ4n) is 1.50. The maximum atomic E-state index is 11.8. The van der Waals surface area contributed by atoms with Crippen molar-refractivity contribution in [2.24, 2.45) is 0 Å². The summed E-state index contributed by atoms with van der Waals surface area (Å²) in [6, 6.07) is 5.93. The molecule has 0 saturated heterocycles. The first-order chi connectivity index (χ1) is 9.58. The predicted octanol–water partition coefficient (Wildman–Crippen LogP) is 0.500. The van der Waals surface area contributed by atoms with Crippen molar-refractivity contribution in [1.29, 1.82) is 0 Å². The van der Waals surface area contributed by atoms with E-state index in [-0.39, 0.29) is 43.7 Å². The summed E-state index contributed by atoms with van der Waals surface area (Å²) < 4.78 is 0. The van der Waals surface area contributed by atoms with Crippen LogP contribution in [0.5, 0.6) is 0 Å². The molecule has 0 spiro atoms. The van der Waals surface area contributed by atoms with E-state index in [2.05, 4.69) is 0 Å². The van der Waals surface area contributed by atoms with Crippen LogP contribution in [0.25, 0.3) is 0 Å². The molecule has 0 aliphatic carbocycles. The van der Waals surface area contributed by atoms with Crippen molar-refractivity contribution in [1.82, 2.24) is 4.90 Å². The summed E-state index contributed by atoms with van der Waals surface area (Å²) in [5, 5.41) is 28.2. The zero-order chi connectivity index (χ0) is 15.0. The number of aliphatic hydroxyl groups excluding tert-OH is 2. The van der Waals surface area contributed by atoms with Crippen LogP contribution >= 0.6 is 11.8 Å². The van der Waals surface area contributed by atoms with Crippen LogP contribution in [-0.2, 0) is 4.79 Å². The number of non-ortho nitro benzene ring substituents is 1. The topological polar surface area (TPSA) is 104 Å². The van der Waals surface area contributed by atoms with Gasteiger partial charge in [-0.15, -0.1) is 11.8 Å². The minimum Gasteiger partial charge on any atom is -0.395 e. The monoisotopic (exact) mass is 300 g/mol. The summed E-state index contributed by atoms with van der Waals surface area (Å²) in [6.45, 7) is 0.0440. The normalized spacial score (nSPS) is 10.3. The van der Waals surface area contributed by atoms with Crippen molar-refractivity contribution in [3.05, 3.63) is 34.4 Å². The van der Waals surface area contributed by atoms with E-state index >= 15 is 0 Å². The smallest absolute Gasteiger partial charge is 0.269 e. The Morgan fingerprint density at radius 2 is 1.75 bits per heavy atom. The van der Waals surface area contributed by atoms with Gasteiger partial charge in [-0.25, -0.2) is 0 Å². The molecule has 1 amide bonds. The summed E-state index contributed by atoms with van der Waals surface area (Å²) in [6.07, 6.45) is 0. The molecule has 8 heteroatoms. The Kier molecular flexibility index (Phi) is 6.99. The number of benzene rings is 1. The molecule has 110 valence electrons. The number of nitrogens with zero attached hydrogens (tertiary/aromatic N) is 2. The third kappa shape index (κ3) is 5.16. The fourth-order valence-corrected chi connectivity index (χ4v) is 2.30. The Morgan fingerprint density at radius 1 is 1.20 bits per heavy atom. The lowest BCUT2D eigenvalue weighted by Crippen LogP contribution is -2.37. The van der Waals surface area contributed by atoms with Gasteiger partial charge in [0.05, 0.1) is 23.9 Å². The summed E-state index contributed by atoms with van der Waals surface area (Å²) >= 11 is 1.25. The molecule has 0 aliphatic heterocycles. The number of carbonyl (C=O) groups is 1. The van der Waals surface area contributed by atoms with E-state index in [0.29, 0.717) is 0 Å². The molecule has 1 aromatic rings. The quantitative estimate of drug-likeness (QED) is 0.411. The highest BCUT2D eigenvalue weighted by molar-refractivity contribution is 8.00. The second-order valence-electron chi connectivity index (χ2n) is 3.87. The Bertz CT molecular complexity index is 446. The molecule has 0 saturated carbocycles. The number of thioether (sulfide) groups is 1. The summed E-state index contributed by atoms with van der Waals surface area (Å²) in [5.74, 6) is -0.0471. The molecule has 0 radical (unpaired) electrons. The average Bonchev–Trinajstić information content (AvgIpc) is 2.45.